The average molecular weight is 385 g/mol. The van der Waals surface area contributed by atoms with Crippen LogP contribution in [0.3, 0.4) is 0 Å². The number of rotatable bonds is 7. The van der Waals surface area contributed by atoms with Crippen molar-refractivity contribution in [1.82, 2.24) is 4.57 Å². The van der Waals surface area contributed by atoms with E-state index in [0.717, 1.165) is 38.1 Å². The number of methoxy groups -OCH3 is 1. The Bertz CT molecular complexity index is 941. The fraction of sp³-hybridized carbons (Fsp3) is 0.286. The molecule has 1 N–H and O–H groups in total. The summed E-state index contributed by atoms with van der Waals surface area (Å²) in [5, 5.41) is 9.57. The second-order valence-electron chi connectivity index (χ2n) is 5.93. The van der Waals surface area contributed by atoms with Gasteiger partial charge in [0, 0.05) is 11.4 Å². The van der Waals surface area contributed by atoms with Gasteiger partial charge in [-0.3, -0.25) is 0 Å². The van der Waals surface area contributed by atoms with Gasteiger partial charge in [0.15, 0.2) is 4.80 Å². The van der Waals surface area contributed by atoms with Gasteiger partial charge in [0.25, 0.3) is 0 Å². The number of aryl methyl sites for hydroxylation is 1. The summed E-state index contributed by atoms with van der Waals surface area (Å²) in [6.07, 6.45) is 0. The van der Waals surface area contributed by atoms with Crippen LogP contribution in [0.15, 0.2) is 53.5 Å². The molecule has 6 heteroatoms. The van der Waals surface area contributed by atoms with Crippen LogP contribution in [0.4, 0.5) is 5.69 Å². The third kappa shape index (κ3) is 4.40. The van der Waals surface area contributed by atoms with Crippen LogP contribution in [0, 0.1) is 6.92 Å². The number of thiazole rings is 1. The molecule has 3 rings (SSSR count). The molecule has 5 nitrogen and oxygen atoms in total. The van der Waals surface area contributed by atoms with Crippen molar-refractivity contribution in [1.29, 1.82) is 0 Å². The second kappa shape index (κ2) is 8.88. The highest BCUT2D eigenvalue weighted by molar-refractivity contribution is 7.09. The summed E-state index contributed by atoms with van der Waals surface area (Å²) < 4.78 is 12.8. The number of ether oxygens (including phenoxy) is 2. The molecule has 27 heavy (non-hydrogen) atoms. The van der Waals surface area contributed by atoms with E-state index in [1.54, 1.807) is 18.4 Å². The Labute approximate surface area is 163 Å². The monoisotopic (exact) mass is 384 g/mol. The van der Waals surface area contributed by atoms with Gasteiger partial charge in [0.1, 0.15) is 11.5 Å². The molecule has 0 aliphatic carbocycles. The average Bonchev–Trinajstić information content (AvgIpc) is 2.99. The summed E-state index contributed by atoms with van der Waals surface area (Å²) in [6, 6.07) is 15.7. The summed E-state index contributed by atoms with van der Waals surface area (Å²) in [7, 11) is 1.66. The van der Waals surface area contributed by atoms with E-state index in [-0.39, 0.29) is 6.61 Å². The van der Waals surface area contributed by atoms with Gasteiger partial charge in [-0.15, -0.1) is 11.3 Å². The SMILES string of the molecule is CCOc1ccc(N=c2sc(C)c(-c3ccc(OC)cc3)n2CCO)cc1. The van der Waals surface area contributed by atoms with Gasteiger partial charge in [-0.25, -0.2) is 4.99 Å². The Hall–Kier alpha value is -2.57. The summed E-state index contributed by atoms with van der Waals surface area (Å²) >= 11 is 1.62. The Kier molecular flexibility index (Phi) is 6.32. The molecule has 3 aromatic rings. The number of aromatic nitrogens is 1. The molecule has 1 aromatic heterocycles. The Morgan fingerprint density at radius 1 is 1.04 bits per heavy atom. The number of nitrogens with zero attached hydrogens (tertiary/aromatic N) is 2. The van der Waals surface area contributed by atoms with E-state index in [1.807, 2.05) is 55.5 Å². The van der Waals surface area contributed by atoms with E-state index in [9.17, 15) is 5.11 Å². The van der Waals surface area contributed by atoms with Gasteiger partial charge >= 0.3 is 0 Å². The first-order valence-electron chi connectivity index (χ1n) is 8.89. The first-order valence-corrected chi connectivity index (χ1v) is 9.71. The maximum absolute atomic E-state index is 9.57. The Morgan fingerprint density at radius 3 is 2.30 bits per heavy atom. The molecule has 0 fully saturated rings. The molecule has 0 aliphatic heterocycles. The number of aliphatic hydroxyl groups is 1. The number of aliphatic hydroxyl groups excluding tert-OH is 1. The predicted molar refractivity (Wildman–Crippen MR) is 109 cm³/mol. The number of hydrogen-bond donors (Lipinski definition) is 1. The molecule has 0 aliphatic rings. The van der Waals surface area contributed by atoms with E-state index in [1.165, 1.54) is 0 Å². The molecular weight excluding hydrogens is 360 g/mol. The first kappa shape index (κ1) is 19.2. The molecule has 0 unspecified atom stereocenters. The molecule has 0 spiro atoms. The first-order chi connectivity index (χ1) is 13.2. The minimum atomic E-state index is 0.0514. The predicted octanol–water partition coefficient (Wildman–Crippen LogP) is 4.16. The van der Waals surface area contributed by atoms with Crippen LogP contribution in [-0.4, -0.2) is 30.0 Å². The number of hydrogen-bond acceptors (Lipinski definition) is 5. The van der Waals surface area contributed by atoms with E-state index in [4.69, 9.17) is 14.5 Å². The summed E-state index contributed by atoms with van der Waals surface area (Å²) in [4.78, 5) is 6.80. The van der Waals surface area contributed by atoms with Crippen LogP contribution in [-0.2, 0) is 6.54 Å². The molecule has 0 saturated carbocycles. The van der Waals surface area contributed by atoms with Crippen molar-refractivity contribution in [3.8, 4) is 22.8 Å². The zero-order valence-electron chi connectivity index (χ0n) is 15.8. The van der Waals surface area contributed by atoms with Gasteiger partial charge in [-0.1, -0.05) is 0 Å². The van der Waals surface area contributed by atoms with E-state index >= 15 is 0 Å². The normalized spacial score (nSPS) is 11.6. The fourth-order valence-electron chi connectivity index (χ4n) is 2.92. The van der Waals surface area contributed by atoms with Crippen molar-refractivity contribution >= 4 is 17.0 Å². The van der Waals surface area contributed by atoms with Gasteiger partial charge < -0.3 is 19.1 Å². The molecule has 2 aromatic carbocycles. The summed E-state index contributed by atoms with van der Waals surface area (Å²) in [5.41, 5.74) is 3.00. The highest BCUT2D eigenvalue weighted by Gasteiger charge is 2.13. The number of benzene rings is 2. The zero-order valence-corrected chi connectivity index (χ0v) is 16.6. The third-order valence-corrected chi connectivity index (χ3v) is 5.13. The molecule has 0 amide bonds. The Balaban J connectivity index is 2.05. The summed E-state index contributed by atoms with van der Waals surface area (Å²) in [5.74, 6) is 1.65. The minimum absolute atomic E-state index is 0.0514. The van der Waals surface area contributed by atoms with Gasteiger partial charge in [0.05, 0.1) is 31.7 Å². The summed E-state index contributed by atoms with van der Waals surface area (Å²) in [6.45, 7) is 5.22. The molecule has 142 valence electrons. The standard InChI is InChI=1S/C21H24N2O3S/c1-4-26-19-11-7-17(8-12-19)22-21-23(13-14-24)20(15(2)27-21)16-5-9-18(25-3)10-6-16/h5-12,24H,4,13-14H2,1-3H3. The van der Waals surface area contributed by atoms with Crippen LogP contribution in [0.1, 0.15) is 11.8 Å². The zero-order chi connectivity index (χ0) is 19.2. The lowest BCUT2D eigenvalue weighted by atomic mass is 10.1. The van der Waals surface area contributed by atoms with Crippen molar-refractivity contribution in [2.75, 3.05) is 20.3 Å². The molecule has 0 saturated heterocycles. The molecule has 1 heterocycles. The maximum atomic E-state index is 9.57. The molecule has 0 atom stereocenters. The van der Waals surface area contributed by atoms with Crippen molar-refractivity contribution in [2.45, 2.75) is 20.4 Å². The van der Waals surface area contributed by atoms with Crippen LogP contribution in [0.25, 0.3) is 11.3 Å². The van der Waals surface area contributed by atoms with Crippen LogP contribution in [0.2, 0.25) is 0 Å². The Morgan fingerprint density at radius 2 is 1.70 bits per heavy atom. The van der Waals surface area contributed by atoms with Crippen molar-refractivity contribution in [2.24, 2.45) is 4.99 Å². The third-order valence-electron chi connectivity index (χ3n) is 4.14. The van der Waals surface area contributed by atoms with Crippen molar-refractivity contribution in [3.05, 3.63) is 58.2 Å². The lowest BCUT2D eigenvalue weighted by Gasteiger charge is -2.09. The van der Waals surface area contributed by atoms with Gasteiger partial charge in [0.2, 0.25) is 0 Å². The maximum Gasteiger partial charge on any atom is 0.190 e. The molecule has 0 radical (unpaired) electrons. The van der Waals surface area contributed by atoms with Gasteiger partial charge in [-0.05, 0) is 67.9 Å². The van der Waals surface area contributed by atoms with Crippen molar-refractivity contribution < 1.29 is 14.6 Å². The largest absolute Gasteiger partial charge is 0.497 e. The molecule has 0 bridgehead atoms. The second-order valence-corrected chi connectivity index (χ2v) is 7.11. The van der Waals surface area contributed by atoms with E-state index in [2.05, 4.69) is 11.5 Å². The van der Waals surface area contributed by atoms with Crippen molar-refractivity contribution in [3.63, 3.8) is 0 Å². The van der Waals surface area contributed by atoms with Gasteiger partial charge in [-0.2, -0.15) is 0 Å². The van der Waals surface area contributed by atoms with Crippen LogP contribution in [0.5, 0.6) is 11.5 Å². The van der Waals surface area contributed by atoms with E-state index < -0.39 is 0 Å². The van der Waals surface area contributed by atoms with Crippen LogP contribution < -0.4 is 14.3 Å². The van der Waals surface area contributed by atoms with Crippen LogP contribution >= 0.6 is 11.3 Å². The highest BCUT2D eigenvalue weighted by atomic mass is 32.1. The lowest BCUT2D eigenvalue weighted by Crippen LogP contribution is -2.18. The molecular formula is C21H24N2O3S. The fourth-order valence-corrected chi connectivity index (χ4v) is 3.96. The quantitative estimate of drug-likeness (QED) is 0.666. The highest BCUT2D eigenvalue weighted by Crippen LogP contribution is 2.27. The minimum Gasteiger partial charge on any atom is -0.497 e. The lowest BCUT2D eigenvalue weighted by molar-refractivity contribution is 0.275. The smallest absolute Gasteiger partial charge is 0.190 e. The topological polar surface area (TPSA) is 56.0 Å². The van der Waals surface area contributed by atoms with E-state index in [0.29, 0.717) is 13.2 Å².